The quantitative estimate of drug-likeness (QED) is 0.254. The first-order chi connectivity index (χ1) is 18.4. The van der Waals surface area contributed by atoms with E-state index in [2.05, 4.69) is 10.3 Å². The summed E-state index contributed by atoms with van der Waals surface area (Å²) in [4.78, 5) is 39.4. The molecule has 0 saturated carbocycles. The van der Waals surface area contributed by atoms with Crippen LogP contribution in [0.4, 0.5) is 5.13 Å². The first-order valence-corrected chi connectivity index (χ1v) is 12.5. The number of ether oxygens (including phenoxy) is 1. The van der Waals surface area contributed by atoms with E-state index in [1.54, 1.807) is 55.0 Å². The van der Waals surface area contributed by atoms with Gasteiger partial charge in [-0.25, -0.2) is 19.7 Å². The average Bonchev–Trinajstić information content (AvgIpc) is 3.69. The van der Waals surface area contributed by atoms with Crippen molar-refractivity contribution in [1.82, 2.24) is 15.0 Å². The van der Waals surface area contributed by atoms with Crippen molar-refractivity contribution in [3.8, 4) is 22.9 Å². The standard InChI is InChI=1S/C28H20N4O5S/c1-15-7-9-19-23(13-15)38-28(31-19)32-26(33)16(2)37-27(34)17-8-10-18-20(14-17)30-25(22-6-4-12-36-22)24(29-18)21-5-3-11-35-21/h3-14,16H,1-2H3,(H,31,32,33). The van der Waals surface area contributed by atoms with Gasteiger partial charge >= 0.3 is 5.97 Å². The zero-order valence-corrected chi connectivity index (χ0v) is 21.1. The predicted octanol–water partition coefficient (Wildman–Crippen LogP) is 6.25. The summed E-state index contributed by atoms with van der Waals surface area (Å²) in [6, 6.07) is 17.8. The maximum absolute atomic E-state index is 12.9. The predicted molar refractivity (Wildman–Crippen MR) is 143 cm³/mol. The highest BCUT2D eigenvalue weighted by Crippen LogP contribution is 2.32. The molecule has 10 heteroatoms. The van der Waals surface area contributed by atoms with Gasteiger partial charge in [0.05, 0.1) is 39.3 Å². The Labute approximate surface area is 220 Å². The molecule has 2 aromatic carbocycles. The Morgan fingerprint density at radius 1 is 0.868 bits per heavy atom. The number of amides is 1. The molecular formula is C28H20N4O5S. The molecule has 1 atom stereocenters. The lowest BCUT2D eigenvalue weighted by Gasteiger charge is -2.13. The Balaban J connectivity index is 1.23. The molecule has 188 valence electrons. The highest BCUT2D eigenvalue weighted by Gasteiger charge is 2.22. The van der Waals surface area contributed by atoms with Crippen molar-refractivity contribution in [2.24, 2.45) is 0 Å². The number of aromatic nitrogens is 3. The summed E-state index contributed by atoms with van der Waals surface area (Å²) >= 11 is 1.36. The van der Waals surface area contributed by atoms with Gasteiger partial charge in [-0.1, -0.05) is 17.4 Å². The number of hydrogen-bond donors (Lipinski definition) is 1. The zero-order valence-electron chi connectivity index (χ0n) is 20.3. The Kier molecular flexibility index (Phi) is 5.93. The number of rotatable bonds is 6. The molecule has 0 spiro atoms. The number of anilines is 1. The van der Waals surface area contributed by atoms with Crippen molar-refractivity contribution in [1.29, 1.82) is 0 Å². The molecular weight excluding hydrogens is 504 g/mol. The molecule has 38 heavy (non-hydrogen) atoms. The largest absolute Gasteiger partial charge is 0.463 e. The molecule has 0 fully saturated rings. The number of thiazole rings is 1. The van der Waals surface area contributed by atoms with Crippen LogP contribution in [-0.2, 0) is 9.53 Å². The third kappa shape index (κ3) is 4.53. The number of carbonyl (C=O) groups is 2. The first-order valence-electron chi connectivity index (χ1n) is 11.7. The molecule has 6 rings (SSSR count). The van der Waals surface area contributed by atoms with Crippen molar-refractivity contribution < 1.29 is 23.2 Å². The van der Waals surface area contributed by atoms with Crippen molar-refractivity contribution in [2.45, 2.75) is 20.0 Å². The fourth-order valence-corrected chi connectivity index (χ4v) is 4.89. The lowest BCUT2D eigenvalue weighted by Crippen LogP contribution is -2.29. The van der Waals surface area contributed by atoms with Crippen LogP contribution in [0, 0.1) is 6.92 Å². The highest BCUT2D eigenvalue weighted by atomic mass is 32.1. The Morgan fingerprint density at radius 2 is 1.55 bits per heavy atom. The second kappa shape index (κ2) is 9.56. The van der Waals surface area contributed by atoms with Crippen LogP contribution >= 0.6 is 11.3 Å². The summed E-state index contributed by atoms with van der Waals surface area (Å²) in [6.07, 6.45) is 2.06. The van der Waals surface area contributed by atoms with Crippen molar-refractivity contribution in [3.63, 3.8) is 0 Å². The Hall–Kier alpha value is -4.83. The van der Waals surface area contributed by atoms with Crippen LogP contribution in [0.25, 0.3) is 44.2 Å². The molecule has 0 aliphatic carbocycles. The monoisotopic (exact) mass is 524 g/mol. The van der Waals surface area contributed by atoms with Crippen molar-refractivity contribution in [3.05, 3.63) is 84.3 Å². The van der Waals surface area contributed by atoms with E-state index in [9.17, 15) is 9.59 Å². The van der Waals surface area contributed by atoms with Gasteiger partial charge < -0.3 is 13.6 Å². The molecule has 9 nitrogen and oxygen atoms in total. The number of aryl methyl sites for hydroxylation is 1. The number of carbonyl (C=O) groups excluding carboxylic acids is 2. The maximum atomic E-state index is 12.9. The van der Waals surface area contributed by atoms with Crippen LogP contribution in [0.3, 0.4) is 0 Å². The number of nitrogens with one attached hydrogen (secondary N) is 1. The molecule has 1 amide bonds. The van der Waals surface area contributed by atoms with Crippen LogP contribution in [0.15, 0.2) is 82.0 Å². The lowest BCUT2D eigenvalue weighted by molar-refractivity contribution is -0.123. The molecule has 4 aromatic heterocycles. The van der Waals surface area contributed by atoms with Crippen LogP contribution < -0.4 is 5.32 Å². The number of benzene rings is 2. The molecule has 1 unspecified atom stereocenters. The van der Waals surface area contributed by atoms with E-state index >= 15 is 0 Å². The van der Waals surface area contributed by atoms with E-state index in [4.69, 9.17) is 23.5 Å². The molecule has 0 aliphatic heterocycles. The zero-order chi connectivity index (χ0) is 26.2. The van der Waals surface area contributed by atoms with Gasteiger partial charge in [-0.15, -0.1) is 0 Å². The van der Waals surface area contributed by atoms with Crippen LogP contribution in [0.1, 0.15) is 22.8 Å². The normalized spacial score (nSPS) is 12.1. The van der Waals surface area contributed by atoms with E-state index in [0.29, 0.717) is 39.1 Å². The topological polar surface area (TPSA) is 120 Å². The van der Waals surface area contributed by atoms with Gasteiger partial charge in [-0.05, 0) is 74.0 Å². The second-order valence-electron chi connectivity index (χ2n) is 8.61. The molecule has 0 radical (unpaired) electrons. The lowest BCUT2D eigenvalue weighted by atomic mass is 10.1. The van der Waals surface area contributed by atoms with Gasteiger partial charge in [0.2, 0.25) is 0 Å². The average molecular weight is 525 g/mol. The molecule has 0 bridgehead atoms. The van der Waals surface area contributed by atoms with E-state index in [0.717, 1.165) is 15.8 Å². The summed E-state index contributed by atoms with van der Waals surface area (Å²) in [5, 5.41) is 3.17. The van der Waals surface area contributed by atoms with E-state index < -0.39 is 18.0 Å². The summed E-state index contributed by atoms with van der Waals surface area (Å²) in [5.74, 6) is -0.0877. The van der Waals surface area contributed by atoms with Crippen LogP contribution in [-0.4, -0.2) is 32.9 Å². The fourth-order valence-electron chi connectivity index (χ4n) is 3.93. The van der Waals surface area contributed by atoms with E-state index in [1.165, 1.54) is 18.3 Å². The van der Waals surface area contributed by atoms with Gasteiger partial charge in [-0.3, -0.25) is 10.1 Å². The van der Waals surface area contributed by atoms with E-state index in [-0.39, 0.29) is 5.56 Å². The summed E-state index contributed by atoms with van der Waals surface area (Å²) < 4.78 is 17.5. The highest BCUT2D eigenvalue weighted by molar-refractivity contribution is 7.22. The molecule has 1 N–H and O–H groups in total. The van der Waals surface area contributed by atoms with Gasteiger partial charge in [0.15, 0.2) is 22.8 Å². The molecule has 6 aromatic rings. The number of hydrogen-bond acceptors (Lipinski definition) is 9. The van der Waals surface area contributed by atoms with Crippen LogP contribution in [0.5, 0.6) is 0 Å². The first kappa shape index (κ1) is 23.6. The molecule has 0 saturated heterocycles. The second-order valence-corrected chi connectivity index (χ2v) is 9.64. The van der Waals surface area contributed by atoms with Crippen molar-refractivity contribution >= 4 is 49.6 Å². The van der Waals surface area contributed by atoms with Gasteiger partial charge in [0.25, 0.3) is 5.91 Å². The minimum atomic E-state index is -1.04. The maximum Gasteiger partial charge on any atom is 0.338 e. The summed E-state index contributed by atoms with van der Waals surface area (Å²) in [6.45, 7) is 3.50. The SMILES string of the molecule is Cc1ccc2nc(NC(=O)C(C)OC(=O)c3ccc4nc(-c5ccco5)c(-c5ccco5)nc4c3)sc2c1. The number of furan rings is 2. The van der Waals surface area contributed by atoms with Gasteiger partial charge in [0, 0.05) is 0 Å². The third-order valence-corrected chi connectivity index (χ3v) is 6.77. The number of nitrogens with zero attached hydrogens (tertiary/aromatic N) is 3. The summed E-state index contributed by atoms with van der Waals surface area (Å²) in [5.41, 5.74) is 4.14. The molecule has 0 aliphatic rings. The Bertz CT molecular complexity index is 1790. The van der Waals surface area contributed by atoms with Crippen LogP contribution in [0.2, 0.25) is 0 Å². The fraction of sp³-hybridized carbons (Fsp3) is 0.107. The minimum absolute atomic E-state index is 0.234. The summed E-state index contributed by atoms with van der Waals surface area (Å²) in [7, 11) is 0. The van der Waals surface area contributed by atoms with Gasteiger partial charge in [0.1, 0.15) is 11.4 Å². The third-order valence-electron chi connectivity index (χ3n) is 5.84. The van der Waals surface area contributed by atoms with E-state index in [1.807, 2.05) is 25.1 Å². The Morgan fingerprint density at radius 3 is 2.24 bits per heavy atom. The minimum Gasteiger partial charge on any atom is -0.463 e. The number of esters is 1. The van der Waals surface area contributed by atoms with Crippen molar-refractivity contribution in [2.75, 3.05) is 5.32 Å². The van der Waals surface area contributed by atoms with Gasteiger partial charge in [-0.2, -0.15) is 0 Å². The molecule has 4 heterocycles. The number of fused-ring (bicyclic) bond motifs is 2. The smallest absolute Gasteiger partial charge is 0.338 e.